The van der Waals surface area contributed by atoms with E-state index < -0.39 is 0 Å². The molecule has 2 aromatic heterocycles. The number of hydrogen-bond donors (Lipinski definition) is 0. The fourth-order valence-corrected chi connectivity index (χ4v) is 2.40. The third-order valence-electron chi connectivity index (χ3n) is 3.61. The lowest BCUT2D eigenvalue weighted by Crippen LogP contribution is -1.97. The highest BCUT2D eigenvalue weighted by molar-refractivity contribution is 5.73. The Balaban J connectivity index is 2.34. The third-order valence-corrected chi connectivity index (χ3v) is 3.61. The van der Waals surface area contributed by atoms with Gasteiger partial charge in [-0.2, -0.15) is 0 Å². The Morgan fingerprint density at radius 2 is 1.94 bits per heavy atom. The summed E-state index contributed by atoms with van der Waals surface area (Å²) in [6.07, 6.45) is 2.80. The van der Waals surface area contributed by atoms with Gasteiger partial charge in [-0.1, -0.05) is 0 Å². The maximum Gasteiger partial charge on any atom is 0.0762 e. The van der Waals surface area contributed by atoms with Gasteiger partial charge in [0.05, 0.1) is 11.4 Å². The Hall–Kier alpha value is -1.70. The summed E-state index contributed by atoms with van der Waals surface area (Å²) in [4.78, 5) is 9.15. The van der Waals surface area contributed by atoms with Crippen LogP contribution in [0.15, 0.2) is 18.3 Å². The zero-order chi connectivity index (χ0) is 11.3. The molecule has 0 saturated carbocycles. The second kappa shape index (κ2) is 3.14. The van der Waals surface area contributed by atoms with E-state index in [1.54, 1.807) is 0 Å². The average Bonchev–Trinajstić information content (AvgIpc) is 2.65. The van der Waals surface area contributed by atoms with Crippen molar-refractivity contribution in [1.82, 2.24) is 9.97 Å². The lowest BCUT2D eigenvalue weighted by atomic mass is 10.0. The molecule has 3 rings (SSSR count). The van der Waals surface area contributed by atoms with E-state index in [-0.39, 0.29) is 0 Å². The van der Waals surface area contributed by atoms with Gasteiger partial charge in [-0.05, 0) is 49.6 Å². The van der Waals surface area contributed by atoms with E-state index in [1.807, 2.05) is 12.3 Å². The van der Waals surface area contributed by atoms with Crippen LogP contribution >= 0.6 is 0 Å². The molecule has 0 saturated heterocycles. The second-order valence-electron chi connectivity index (χ2n) is 4.45. The number of aryl methyl sites for hydroxylation is 1. The first kappa shape index (κ1) is 9.52. The molecular weight excluding hydrogens is 196 g/mol. The molecule has 16 heavy (non-hydrogen) atoms. The van der Waals surface area contributed by atoms with Crippen molar-refractivity contribution < 1.29 is 0 Å². The van der Waals surface area contributed by atoms with E-state index in [2.05, 4.69) is 31.8 Å². The zero-order valence-electron chi connectivity index (χ0n) is 9.83. The summed E-state index contributed by atoms with van der Waals surface area (Å²) < 4.78 is 0. The van der Waals surface area contributed by atoms with Gasteiger partial charge >= 0.3 is 0 Å². The standard InChI is InChI=1S/C14H14N2/c1-8-9(2)12-7-13-11(5-4-6-15-13)14(12)16-10(8)3/h4-6H,7H2,1-3H3. The van der Waals surface area contributed by atoms with E-state index in [0.717, 1.165) is 23.5 Å². The normalized spacial score (nSPS) is 12.4. The van der Waals surface area contributed by atoms with E-state index >= 15 is 0 Å². The Morgan fingerprint density at radius 3 is 2.75 bits per heavy atom. The van der Waals surface area contributed by atoms with Gasteiger partial charge in [0.1, 0.15) is 0 Å². The first-order chi connectivity index (χ1) is 7.68. The lowest BCUT2D eigenvalue weighted by Gasteiger charge is -2.09. The van der Waals surface area contributed by atoms with Crippen LogP contribution in [0, 0.1) is 20.8 Å². The monoisotopic (exact) mass is 210 g/mol. The van der Waals surface area contributed by atoms with Gasteiger partial charge in [0, 0.05) is 23.9 Å². The predicted octanol–water partition coefficient (Wildman–Crippen LogP) is 2.97. The van der Waals surface area contributed by atoms with Gasteiger partial charge < -0.3 is 0 Å². The molecular formula is C14H14N2. The molecule has 80 valence electrons. The maximum atomic E-state index is 4.72. The average molecular weight is 210 g/mol. The summed E-state index contributed by atoms with van der Waals surface area (Å²) in [6.45, 7) is 6.42. The number of pyridine rings is 2. The summed E-state index contributed by atoms with van der Waals surface area (Å²) >= 11 is 0. The Bertz CT molecular complexity index is 586. The number of fused-ring (bicyclic) bond motifs is 3. The minimum atomic E-state index is 0.936. The van der Waals surface area contributed by atoms with Gasteiger partial charge in [0.15, 0.2) is 0 Å². The Kier molecular flexibility index (Phi) is 1.87. The molecule has 0 amide bonds. The Labute approximate surface area is 95.4 Å². The fraction of sp³-hybridized carbons (Fsp3) is 0.286. The van der Waals surface area contributed by atoms with Crippen molar-refractivity contribution in [1.29, 1.82) is 0 Å². The van der Waals surface area contributed by atoms with Crippen LogP contribution in [0.25, 0.3) is 11.3 Å². The van der Waals surface area contributed by atoms with Crippen LogP contribution in [0.4, 0.5) is 0 Å². The van der Waals surface area contributed by atoms with Crippen LogP contribution in [-0.4, -0.2) is 9.97 Å². The molecule has 0 bridgehead atoms. The quantitative estimate of drug-likeness (QED) is 0.570. The highest BCUT2D eigenvalue weighted by Crippen LogP contribution is 2.36. The molecule has 2 heterocycles. The molecule has 1 aliphatic rings. The molecule has 0 fully saturated rings. The van der Waals surface area contributed by atoms with Crippen LogP contribution < -0.4 is 0 Å². The number of nitrogens with zero attached hydrogens (tertiary/aromatic N) is 2. The molecule has 2 aromatic rings. The first-order valence-electron chi connectivity index (χ1n) is 5.59. The Morgan fingerprint density at radius 1 is 1.12 bits per heavy atom. The smallest absolute Gasteiger partial charge is 0.0762 e. The molecule has 0 radical (unpaired) electrons. The molecule has 1 aliphatic carbocycles. The van der Waals surface area contributed by atoms with Crippen LogP contribution in [0.2, 0.25) is 0 Å². The van der Waals surface area contributed by atoms with Crippen molar-refractivity contribution in [3.05, 3.63) is 46.4 Å². The molecule has 0 aromatic carbocycles. The van der Waals surface area contributed by atoms with E-state index in [1.165, 1.54) is 22.3 Å². The summed E-state index contributed by atoms with van der Waals surface area (Å²) in [5, 5.41) is 0. The van der Waals surface area contributed by atoms with Crippen molar-refractivity contribution in [2.45, 2.75) is 27.2 Å². The van der Waals surface area contributed by atoms with E-state index in [4.69, 9.17) is 4.98 Å². The number of hydrogen-bond acceptors (Lipinski definition) is 2. The van der Waals surface area contributed by atoms with Crippen molar-refractivity contribution in [2.24, 2.45) is 0 Å². The highest BCUT2D eigenvalue weighted by atomic mass is 14.8. The van der Waals surface area contributed by atoms with Crippen molar-refractivity contribution in [2.75, 3.05) is 0 Å². The van der Waals surface area contributed by atoms with Crippen LogP contribution in [0.3, 0.4) is 0 Å². The van der Waals surface area contributed by atoms with Gasteiger partial charge in [0.25, 0.3) is 0 Å². The highest BCUT2D eigenvalue weighted by Gasteiger charge is 2.23. The molecule has 0 spiro atoms. The topological polar surface area (TPSA) is 25.8 Å². The van der Waals surface area contributed by atoms with Crippen molar-refractivity contribution in [3.63, 3.8) is 0 Å². The molecule has 0 N–H and O–H groups in total. The minimum absolute atomic E-state index is 0.936. The molecule has 0 aliphatic heterocycles. The van der Waals surface area contributed by atoms with Gasteiger partial charge in [-0.25, -0.2) is 0 Å². The molecule has 2 nitrogen and oxygen atoms in total. The fourth-order valence-electron chi connectivity index (χ4n) is 2.40. The maximum absolute atomic E-state index is 4.72. The summed E-state index contributed by atoms with van der Waals surface area (Å²) in [6, 6.07) is 4.11. The largest absolute Gasteiger partial charge is 0.260 e. The number of aromatic nitrogens is 2. The lowest BCUT2D eigenvalue weighted by molar-refractivity contribution is 1.07. The number of rotatable bonds is 0. The van der Waals surface area contributed by atoms with Crippen LogP contribution in [0.1, 0.15) is 28.1 Å². The molecule has 0 unspecified atom stereocenters. The van der Waals surface area contributed by atoms with Crippen LogP contribution in [0.5, 0.6) is 0 Å². The summed E-state index contributed by atoms with van der Waals surface area (Å²) in [7, 11) is 0. The molecule has 2 heteroatoms. The second-order valence-corrected chi connectivity index (χ2v) is 4.45. The summed E-state index contributed by atoms with van der Waals surface area (Å²) in [5.41, 5.74) is 8.70. The zero-order valence-corrected chi connectivity index (χ0v) is 9.83. The van der Waals surface area contributed by atoms with Crippen molar-refractivity contribution >= 4 is 0 Å². The minimum Gasteiger partial charge on any atom is -0.260 e. The third kappa shape index (κ3) is 1.13. The van der Waals surface area contributed by atoms with Crippen LogP contribution in [-0.2, 0) is 6.42 Å². The van der Waals surface area contributed by atoms with Gasteiger partial charge in [-0.3, -0.25) is 9.97 Å². The first-order valence-corrected chi connectivity index (χ1v) is 5.59. The molecule has 0 atom stereocenters. The van der Waals surface area contributed by atoms with E-state index in [9.17, 15) is 0 Å². The van der Waals surface area contributed by atoms with Gasteiger partial charge in [0.2, 0.25) is 0 Å². The van der Waals surface area contributed by atoms with Crippen molar-refractivity contribution in [3.8, 4) is 11.3 Å². The SMILES string of the molecule is Cc1nc2c(c(C)c1C)Cc1ncccc1-2. The van der Waals surface area contributed by atoms with E-state index in [0.29, 0.717) is 0 Å². The predicted molar refractivity (Wildman–Crippen MR) is 64.5 cm³/mol. The van der Waals surface area contributed by atoms with Gasteiger partial charge in [-0.15, -0.1) is 0 Å². The summed E-state index contributed by atoms with van der Waals surface area (Å²) in [5.74, 6) is 0.